The highest BCUT2D eigenvalue weighted by atomic mass is 16.2. The van der Waals surface area contributed by atoms with Gasteiger partial charge in [-0.1, -0.05) is 42.5 Å². The van der Waals surface area contributed by atoms with Crippen LogP contribution in [0.2, 0.25) is 0 Å². The molecular formula is C17H21N3O. The molecule has 1 amide bonds. The molecule has 0 aliphatic rings. The average Bonchev–Trinajstić information content (AvgIpc) is 2.53. The van der Waals surface area contributed by atoms with Crippen molar-refractivity contribution in [2.24, 2.45) is 5.73 Å². The zero-order valence-electron chi connectivity index (χ0n) is 12.4. The van der Waals surface area contributed by atoms with Gasteiger partial charge in [-0.2, -0.15) is 0 Å². The smallest absolute Gasteiger partial charge is 0.241 e. The summed E-state index contributed by atoms with van der Waals surface area (Å²) < 4.78 is 0. The summed E-state index contributed by atoms with van der Waals surface area (Å²) in [6.45, 7) is 0.479. The number of amides is 1. The van der Waals surface area contributed by atoms with Gasteiger partial charge in [-0.15, -0.1) is 0 Å². The molecule has 0 fully saturated rings. The van der Waals surface area contributed by atoms with Gasteiger partial charge in [-0.05, 0) is 23.3 Å². The number of hydrogen-bond acceptors (Lipinski definition) is 3. The normalized spacial score (nSPS) is 11.8. The van der Waals surface area contributed by atoms with Crippen LogP contribution >= 0.6 is 0 Å². The first kappa shape index (κ1) is 15.1. The molecule has 0 saturated heterocycles. The van der Waals surface area contributed by atoms with Crippen LogP contribution in [0.5, 0.6) is 0 Å². The van der Waals surface area contributed by atoms with E-state index in [-0.39, 0.29) is 5.91 Å². The first-order valence-electron chi connectivity index (χ1n) is 6.92. The lowest BCUT2D eigenvalue weighted by Gasteiger charge is -2.14. The molecule has 0 heterocycles. The molecule has 0 aliphatic carbocycles. The van der Waals surface area contributed by atoms with Gasteiger partial charge in [0.1, 0.15) is 6.04 Å². The van der Waals surface area contributed by atoms with Crippen molar-refractivity contribution in [2.45, 2.75) is 12.6 Å². The van der Waals surface area contributed by atoms with E-state index in [2.05, 4.69) is 5.32 Å². The summed E-state index contributed by atoms with van der Waals surface area (Å²) in [5, 5.41) is 2.87. The molecule has 3 N–H and O–H groups in total. The molecule has 110 valence electrons. The van der Waals surface area contributed by atoms with Gasteiger partial charge in [-0.25, -0.2) is 0 Å². The van der Waals surface area contributed by atoms with E-state index in [9.17, 15) is 4.79 Å². The summed E-state index contributed by atoms with van der Waals surface area (Å²) in [6, 6.07) is 16.8. The van der Waals surface area contributed by atoms with Crippen molar-refractivity contribution in [3.05, 3.63) is 65.7 Å². The van der Waals surface area contributed by atoms with Crippen molar-refractivity contribution in [1.29, 1.82) is 0 Å². The summed E-state index contributed by atoms with van der Waals surface area (Å²) >= 11 is 0. The third kappa shape index (κ3) is 4.07. The second-order valence-electron chi connectivity index (χ2n) is 5.17. The van der Waals surface area contributed by atoms with Crippen LogP contribution in [0.25, 0.3) is 0 Å². The van der Waals surface area contributed by atoms with Gasteiger partial charge in [0.2, 0.25) is 5.91 Å². The highest BCUT2D eigenvalue weighted by Crippen LogP contribution is 2.13. The Morgan fingerprint density at radius 1 is 1.10 bits per heavy atom. The minimum Gasteiger partial charge on any atom is -0.378 e. The van der Waals surface area contributed by atoms with Gasteiger partial charge >= 0.3 is 0 Å². The Morgan fingerprint density at radius 2 is 1.71 bits per heavy atom. The largest absolute Gasteiger partial charge is 0.378 e. The summed E-state index contributed by atoms with van der Waals surface area (Å²) in [7, 11) is 3.99. The number of carbonyl (C=O) groups is 1. The van der Waals surface area contributed by atoms with E-state index in [1.807, 2.05) is 73.6 Å². The fraction of sp³-hybridized carbons (Fsp3) is 0.235. The Labute approximate surface area is 125 Å². The second-order valence-corrected chi connectivity index (χ2v) is 5.17. The van der Waals surface area contributed by atoms with Crippen LogP contribution < -0.4 is 16.0 Å². The van der Waals surface area contributed by atoms with Gasteiger partial charge in [-0.3, -0.25) is 4.79 Å². The fourth-order valence-electron chi connectivity index (χ4n) is 2.02. The number of anilines is 1. The first-order valence-corrected chi connectivity index (χ1v) is 6.92. The number of benzene rings is 2. The van der Waals surface area contributed by atoms with Crippen LogP contribution in [0, 0.1) is 0 Å². The molecule has 4 nitrogen and oxygen atoms in total. The van der Waals surface area contributed by atoms with Crippen molar-refractivity contribution in [2.75, 3.05) is 19.0 Å². The Balaban J connectivity index is 1.92. The van der Waals surface area contributed by atoms with E-state index in [0.29, 0.717) is 6.54 Å². The summed E-state index contributed by atoms with van der Waals surface area (Å²) in [6.07, 6.45) is 0. The number of hydrogen-bond donors (Lipinski definition) is 2. The molecule has 0 radical (unpaired) electrons. The summed E-state index contributed by atoms with van der Waals surface area (Å²) in [4.78, 5) is 14.1. The maximum atomic E-state index is 12.0. The van der Waals surface area contributed by atoms with E-state index in [4.69, 9.17) is 5.73 Å². The molecule has 4 heteroatoms. The number of rotatable bonds is 5. The lowest BCUT2D eigenvalue weighted by molar-refractivity contribution is -0.122. The Hall–Kier alpha value is -2.33. The van der Waals surface area contributed by atoms with Crippen LogP contribution in [-0.4, -0.2) is 20.0 Å². The molecular weight excluding hydrogens is 262 g/mol. The lowest BCUT2D eigenvalue weighted by Crippen LogP contribution is -2.33. The highest BCUT2D eigenvalue weighted by Gasteiger charge is 2.14. The Bertz CT molecular complexity index is 579. The maximum Gasteiger partial charge on any atom is 0.241 e. The van der Waals surface area contributed by atoms with Crippen LogP contribution in [0.3, 0.4) is 0 Å². The van der Waals surface area contributed by atoms with E-state index in [0.717, 1.165) is 16.8 Å². The van der Waals surface area contributed by atoms with Gasteiger partial charge in [0.05, 0.1) is 0 Å². The average molecular weight is 283 g/mol. The molecule has 1 unspecified atom stereocenters. The third-order valence-electron chi connectivity index (χ3n) is 3.36. The van der Waals surface area contributed by atoms with Gasteiger partial charge in [0, 0.05) is 26.3 Å². The van der Waals surface area contributed by atoms with E-state index < -0.39 is 6.04 Å². The summed E-state index contributed by atoms with van der Waals surface area (Å²) in [5.41, 5.74) is 8.95. The predicted octanol–water partition coefficient (Wildman–Crippen LogP) is 2.07. The van der Waals surface area contributed by atoms with Crippen molar-refractivity contribution in [3.8, 4) is 0 Å². The number of nitrogens with one attached hydrogen (secondary N) is 1. The molecule has 0 saturated carbocycles. The minimum atomic E-state index is -0.632. The van der Waals surface area contributed by atoms with E-state index >= 15 is 0 Å². The van der Waals surface area contributed by atoms with Crippen molar-refractivity contribution in [3.63, 3.8) is 0 Å². The quantitative estimate of drug-likeness (QED) is 0.883. The topological polar surface area (TPSA) is 58.4 Å². The third-order valence-corrected chi connectivity index (χ3v) is 3.36. The fourth-order valence-corrected chi connectivity index (χ4v) is 2.02. The molecule has 0 bridgehead atoms. The van der Waals surface area contributed by atoms with E-state index in [1.165, 1.54) is 0 Å². The lowest BCUT2D eigenvalue weighted by atomic mass is 10.1. The van der Waals surface area contributed by atoms with Crippen LogP contribution in [0.4, 0.5) is 5.69 Å². The van der Waals surface area contributed by atoms with Crippen molar-refractivity contribution < 1.29 is 4.79 Å². The van der Waals surface area contributed by atoms with Crippen LogP contribution in [0.1, 0.15) is 17.2 Å². The minimum absolute atomic E-state index is 0.169. The van der Waals surface area contributed by atoms with Crippen LogP contribution in [0.15, 0.2) is 54.6 Å². The molecule has 2 rings (SSSR count). The van der Waals surface area contributed by atoms with Crippen molar-refractivity contribution >= 4 is 11.6 Å². The Morgan fingerprint density at radius 3 is 2.29 bits per heavy atom. The first-order chi connectivity index (χ1) is 10.1. The molecule has 2 aromatic rings. The summed E-state index contributed by atoms with van der Waals surface area (Å²) in [5.74, 6) is -0.169. The van der Waals surface area contributed by atoms with Gasteiger partial charge < -0.3 is 16.0 Å². The van der Waals surface area contributed by atoms with E-state index in [1.54, 1.807) is 0 Å². The number of nitrogens with two attached hydrogens (primary N) is 1. The number of carbonyl (C=O) groups excluding carboxylic acids is 1. The van der Waals surface area contributed by atoms with Gasteiger partial charge in [0.15, 0.2) is 0 Å². The second kappa shape index (κ2) is 6.90. The van der Waals surface area contributed by atoms with Gasteiger partial charge in [0.25, 0.3) is 0 Å². The zero-order valence-corrected chi connectivity index (χ0v) is 12.4. The number of nitrogens with zero attached hydrogens (tertiary/aromatic N) is 1. The predicted molar refractivity (Wildman–Crippen MR) is 86.0 cm³/mol. The monoisotopic (exact) mass is 283 g/mol. The SMILES string of the molecule is CN(C)c1ccc(CNC(=O)C(N)c2ccccc2)cc1. The van der Waals surface area contributed by atoms with Crippen LogP contribution in [-0.2, 0) is 11.3 Å². The highest BCUT2D eigenvalue weighted by molar-refractivity contribution is 5.82. The molecule has 0 aliphatic heterocycles. The molecule has 0 spiro atoms. The molecule has 2 aromatic carbocycles. The molecule has 21 heavy (non-hydrogen) atoms. The molecule has 0 aromatic heterocycles. The Kier molecular flexibility index (Phi) is 4.95. The standard InChI is InChI=1S/C17H21N3O/c1-20(2)15-10-8-13(9-11-15)12-19-17(21)16(18)14-6-4-3-5-7-14/h3-11,16H,12,18H2,1-2H3,(H,19,21). The zero-order chi connectivity index (χ0) is 15.2. The molecule has 1 atom stereocenters. The maximum absolute atomic E-state index is 12.0. The van der Waals surface area contributed by atoms with Crippen molar-refractivity contribution in [1.82, 2.24) is 5.32 Å².